The molecule has 37 heavy (non-hydrogen) atoms. The molecule has 0 bridgehead atoms. The highest BCUT2D eigenvalue weighted by Crippen LogP contribution is 2.42. The Bertz CT molecular complexity index is 1420. The van der Waals surface area contributed by atoms with E-state index >= 15 is 0 Å². The quantitative estimate of drug-likeness (QED) is 0.392. The van der Waals surface area contributed by atoms with E-state index in [0.717, 1.165) is 10.9 Å². The van der Waals surface area contributed by atoms with E-state index < -0.39 is 16.1 Å². The highest BCUT2D eigenvalue weighted by atomic mass is 35.5. The summed E-state index contributed by atoms with van der Waals surface area (Å²) in [6.07, 6.45) is 0.412. The largest absolute Gasteiger partial charge is 0.354 e. The van der Waals surface area contributed by atoms with Crippen LogP contribution in [0.4, 0.5) is 5.69 Å². The molecule has 0 radical (unpaired) electrons. The van der Waals surface area contributed by atoms with E-state index in [2.05, 4.69) is 5.32 Å². The van der Waals surface area contributed by atoms with Gasteiger partial charge in [0.1, 0.15) is 6.04 Å². The fraction of sp³-hybridized carbons (Fsp3) is 0.357. The lowest BCUT2D eigenvalue weighted by Crippen LogP contribution is -2.48. The van der Waals surface area contributed by atoms with E-state index in [0.29, 0.717) is 34.0 Å². The van der Waals surface area contributed by atoms with Crippen molar-refractivity contribution in [1.29, 1.82) is 0 Å². The van der Waals surface area contributed by atoms with Crippen molar-refractivity contribution in [3.63, 3.8) is 0 Å². The molecule has 1 heterocycles. The molecule has 7 nitrogen and oxygen atoms in total. The number of amides is 2. The van der Waals surface area contributed by atoms with Crippen LogP contribution in [0, 0.1) is 5.92 Å². The molecule has 0 saturated heterocycles. The van der Waals surface area contributed by atoms with Crippen molar-refractivity contribution >= 4 is 49.9 Å². The van der Waals surface area contributed by atoms with Crippen LogP contribution in [0.5, 0.6) is 0 Å². The molecule has 3 aromatic rings. The summed E-state index contributed by atoms with van der Waals surface area (Å²) in [7, 11) is -3.69. The first-order valence-electron chi connectivity index (χ1n) is 12.5. The lowest BCUT2D eigenvalue weighted by Gasteiger charge is -2.29. The van der Waals surface area contributed by atoms with Crippen molar-refractivity contribution in [2.24, 2.45) is 5.92 Å². The predicted octanol–water partition coefficient (Wildman–Crippen LogP) is 4.97. The summed E-state index contributed by atoms with van der Waals surface area (Å²) in [4.78, 5) is 28.1. The first kappa shape index (κ1) is 26.9. The fourth-order valence-electron chi connectivity index (χ4n) is 4.58. The smallest absolute Gasteiger partial charge is 0.265 e. The van der Waals surface area contributed by atoms with Crippen LogP contribution in [0.25, 0.3) is 10.8 Å². The van der Waals surface area contributed by atoms with E-state index in [9.17, 15) is 18.0 Å². The third-order valence-electron chi connectivity index (χ3n) is 6.53. The molecule has 0 saturated carbocycles. The van der Waals surface area contributed by atoms with Crippen LogP contribution in [0.2, 0.25) is 5.02 Å². The third kappa shape index (κ3) is 5.75. The van der Waals surface area contributed by atoms with Gasteiger partial charge < -0.3 is 10.2 Å². The lowest BCUT2D eigenvalue weighted by atomic mass is 10.1. The molecule has 1 atom stereocenters. The minimum Gasteiger partial charge on any atom is -0.354 e. The zero-order valence-corrected chi connectivity index (χ0v) is 22.8. The van der Waals surface area contributed by atoms with Gasteiger partial charge in [-0.15, -0.1) is 0 Å². The Morgan fingerprint density at radius 1 is 1.03 bits per heavy atom. The molecule has 196 valence electrons. The van der Waals surface area contributed by atoms with Gasteiger partial charge in [-0.3, -0.25) is 13.9 Å². The highest BCUT2D eigenvalue weighted by Gasteiger charge is 2.35. The first-order valence-corrected chi connectivity index (χ1v) is 14.3. The van der Waals surface area contributed by atoms with Crippen LogP contribution in [0.1, 0.15) is 39.2 Å². The molecule has 0 aliphatic carbocycles. The number of halogens is 1. The molecule has 1 aliphatic heterocycles. The van der Waals surface area contributed by atoms with Gasteiger partial charge in [-0.25, -0.2) is 8.42 Å². The van der Waals surface area contributed by atoms with Crippen LogP contribution >= 0.6 is 11.6 Å². The summed E-state index contributed by atoms with van der Waals surface area (Å²) >= 11 is 6.14. The van der Waals surface area contributed by atoms with Gasteiger partial charge in [-0.05, 0) is 54.5 Å². The van der Waals surface area contributed by atoms with Gasteiger partial charge >= 0.3 is 0 Å². The average Bonchev–Trinajstić information content (AvgIpc) is 3.08. The summed E-state index contributed by atoms with van der Waals surface area (Å²) < 4.78 is 27.9. The molecule has 1 N–H and O–H groups in total. The molecule has 0 unspecified atom stereocenters. The van der Waals surface area contributed by atoms with E-state index in [1.807, 2.05) is 38.1 Å². The Labute approximate surface area is 223 Å². The number of carbonyl (C=O) groups excluding carboxylic acids is 2. The van der Waals surface area contributed by atoms with Crippen molar-refractivity contribution in [3.8, 4) is 0 Å². The Hall–Kier alpha value is -3.10. The van der Waals surface area contributed by atoms with E-state index in [1.165, 1.54) is 9.21 Å². The number of rotatable bonds is 10. The number of benzene rings is 3. The molecule has 0 spiro atoms. The van der Waals surface area contributed by atoms with Crippen molar-refractivity contribution in [1.82, 2.24) is 10.2 Å². The number of nitrogens with one attached hydrogen (secondary N) is 1. The minimum atomic E-state index is -3.69. The second kappa shape index (κ2) is 11.1. The number of carbonyl (C=O) groups is 2. The van der Waals surface area contributed by atoms with Crippen molar-refractivity contribution in [2.75, 3.05) is 17.4 Å². The molecule has 1 aliphatic rings. The van der Waals surface area contributed by atoms with E-state index in [4.69, 9.17) is 11.6 Å². The van der Waals surface area contributed by atoms with Crippen molar-refractivity contribution in [3.05, 3.63) is 71.2 Å². The maximum absolute atomic E-state index is 13.4. The number of nitrogens with zero attached hydrogens (tertiary/aromatic N) is 2. The van der Waals surface area contributed by atoms with Gasteiger partial charge in [-0.1, -0.05) is 61.8 Å². The number of sulfonamides is 1. The summed E-state index contributed by atoms with van der Waals surface area (Å²) in [5.74, 6) is -0.169. The van der Waals surface area contributed by atoms with Gasteiger partial charge in [-0.2, -0.15) is 0 Å². The third-order valence-corrected chi connectivity index (χ3v) is 8.62. The molecular weight excluding hydrogens is 510 g/mol. The van der Waals surface area contributed by atoms with E-state index in [1.54, 1.807) is 43.3 Å². The molecule has 4 rings (SSSR count). The zero-order chi connectivity index (χ0) is 26.7. The summed E-state index contributed by atoms with van der Waals surface area (Å²) in [6, 6.07) is 17.3. The Kier molecular flexibility index (Phi) is 8.09. The Balaban J connectivity index is 1.49. The number of anilines is 1. The molecule has 0 fully saturated rings. The normalized spacial score (nSPS) is 14.7. The zero-order valence-electron chi connectivity index (χ0n) is 21.3. The molecule has 2 amide bonds. The maximum atomic E-state index is 13.4. The van der Waals surface area contributed by atoms with Gasteiger partial charge in [0.15, 0.2) is 0 Å². The molecular formula is C28H32ClN3O4S. The van der Waals surface area contributed by atoms with E-state index in [-0.39, 0.29) is 37.2 Å². The summed E-state index contributed by atoms with van der Waals surface area (Å²) in [6.45, 7) is 6.63. The Morgan fingerprint density at radius 3 is 2.43 bits per heavy atom. The van der Waals surface area contributed by atoms with Crippen LogP contribution < -0.4 is 9.62 Å². The van der Waals surface area contributed by atoms with Gasteiger partial charge in [0, 0.05) is 36.5 Å². The number of hydrogen-bond acceptors (Lipinski definition) is 4. The van der Waals surface area contributed by atoms with Crippen LogP contribution in [0.3, 0.4) is 0 Å². The monoisotopic (exact) mass is 541 g/mol. The lowest BCUT2D eigenvalue weighted by molar-refractivity contribution is -0.140. The molecule has 3 aromatic carbocycles. The standard InChI is InChI=1S/C28H32ClN3O4S/c1-19(2)17-30-28(34)20(3)31(18-21-8-4-11-23(29)16-21)26(33)14-7-15-32-24-12-5-9-22-10-6-13-25(27(22)24)37(32,35)36/h4-6,8-13,16,19-20H,7,14-15,17-18H2,1-3H3,(H,30,34)/t20-/m1/s1. The topological polar surface area (TPSA) is 86.8 Å². The van der Waals surface area contributed by atoms with Crippen LogP contribution in [0.15, 0.2) is 65.6 Å². The summed E-state index contributed by atoms with van der Waals surface area (Å²) in [5, 5.41) is 5.04. The average molecular weight is 542 g/mol. The van der Waals surface area contributed by atoms with Gasteiger partial charge in [0.05, 0.1) is 10.6 Å². The van der Waals surface area contributed by atoms with Crippen molar-refractivity contribution in [2.45, 2.75) is 51.1 Å². The van der Waals surface area contributed by atoms with Crippen molar-refractivity contribution < 1.29 is 18.0 Å². The van der Waals surface area contributed by atoms with Crippen LogP contribution in [-0.4, -0.2) is 44.3 Å². The van der Waals surface area contributed by atoms with Gasteiger partial charge in [0.2, 0.25) is 11.8 Å². The second-order valence-corrected chi connectivity index (χ2v) is 12.0. The summed E-state index contributed by atoms with van der Waals surface area (Å²) in [5.41, 5.74) is 1.45. The highest BCUT2D eigenvalue weighted by molar-refractivity contribution is 7.93. The fourth-order valence-corrected chi connectivity index (χ4v) is 6.55. The minimum absolute atomic E-state index is 0.0979. The second-order valence-electron chi connectivity index (χ2n) is 9.78. The maximum Gasteiger partial charge on any atom is 0.265 e. The molecule has 9 heteroatoms. The van der Waals surface area contributed by atoms with Gasteiger partial charge in [0.25, 0.3) is 10.0 Å². The number of hydrogen-bond donors (Lipinski definition) is 1. The first-order chi connectivity index (χ1) is 17.6. The Morgan fingerprint density at radius 2 is 1.73 bits per heavy atom. The van der Waals surface area contributed by atoms with Crippen LogP contribution in [-0.2, 0) is 26.2 Å². The SMILES string of the molecule is CC(C)CNC(=O)[C@@H](C)N(Cc1cccc(Cl)c1)C(=O)CCCN1c2cccc3cccc(c23)S1(=O)=O. The molecule has 0 aromatic heterocycles. The predicted molar refractivity (Wildman–Crippen MR) is 147 cm³/mol.